The zero-order chi connectivity index (χ0) is 15.6. The Morgan fingerprint density at radius 2 is 2.00 bits per heavy atom. The molecule has 0 aromatic heterocycles. The number of benzene rings is 1. The second kappa shape index (κ2) is 5.80. The number of aliphatic hydroxyl groups is 1. The van der Waals surface area contributed by atoms with Crippen LogP contribution in [-0.2, 0) is 6.42 Å². The van der Waals surface area contributed by atoms with E-state index in [0.717, 1.165) is 37.5 Å². The molecule has 2 N–H and O–H groups in total. The van der Waals surface area contributed by atoms with Crippen molar-refractivity contribution in [2.75, 3.05) is 0 Å². The number of phenols is 1. The Labute approximate surface area is 125 Å². The maximum Gasteiger partial charge on any atom is 0.203 e. The first-order valence-corrected chi connectivity index (χ1v) is 7.35. The van der Waals surface area contributed by atoms with Gasteiger partial charge in [-0.15, -0.1) is 0 Å². The lowest BCUT2D eigenvalue weighted by atomic mass is 9.86. The van der Waals surface area contributed by atoms with Crippen LogP contribution in [0.15, 0.2) is 24.0 Å². The van der Waals surface area contributed by atoms with Crippen molar-refractivity contribution in [3.05, 3.63) is 35.1 Å². The van der Waals surface area contributed by atoms with Gasteiger partial charge in [0.15, 0.2) is 0 Å². The third kappa shape index (κ3) is 2.89. The van der Waals surface area contributed by atoms with Crippen LogP contribution in [0.3, 0.4) is 0 Å². The molecule has 0 radical (unpaired) electrons. The Balaban J connectivity index is 2.40. The first kappa shape index (κ1) is 15.4. The van der Waals surface area contributed by atoms with Crippen LogP contribution >= 0.6 is 0 Å². The third-order valence-corrected chi connectivity index (χ3v) is 3.82. The second-order valence-electron chi connectivity index (χ2n) is 5.93. The van der Waals surface area contributed by atoms with Gasteiger partial charge in [0, 0.05) is 0 Å². The zero-order valence-corrected chi connectivity index (χ0v) is 12.8. The molecule has 4 nitrogen and oxygen atoms in total. The number of carbonyl (C=O) groups is 1. The van der Waals surface area contributed by atoms with E-state index in [4.69, 9.17) is 4.74 Å². The van der Waals surface area contributed by atoms with Crippen molar-refractivity contribution in [3.63, 3.8) is 0 Å². The molecule has 0 spiro atoms. The minimum atomic E-state index is -0.909. The van der Waals surface area contributed by atoms with Crippen LogP contribution in [0.5, 0.6) is 11.5 Å². The summed E-state index contributed by atoms with van der Waals surface area (Å²) in [5, 5.41) is 19.4. The number of ketones is 1. The van der Waals surface area contributed by atoms with E-state index in [0.29, 0.717) is 5.75 Å². The predicted octanol–water partition coefficient (Wildman–Crippen LogP) is 3.92. The lowest BCUT2D eigenvalue weighted by Gasteiger charge is -2.33. The molecule has 21 heavy (non-hydrogen) atoms. The van der Waals surface area contributed by atoms with E-state index in [1.165, 1.54) is 0 Å². The summed E-state index contributed by atoms with van der Waals surface area (Å²) in [7, 11) is 0. The standard InChI is InChI=1S/C17H22O4/c1-4-5-6-7-11-8-13(19)15-14(9-11)21-17(2,3)12(10-18)16(15)20/h8-10,18-19H,4-7H2,1-3H3/b12-10+. The molecule has 4 heteroatoms. The van der Waals surface area contributed by atoms with Gasteiger partial charge in [0.1, 0.15) is 22.7 Å². The molecule has 0 amide bonds. The van der Waals surface area contributed by atoms with Crippen LogP contribution in [-0.4, -0.2) is 21.6 Å². The van der Waals surface area contributed by atoms with Gasteiger partial charge in [-0.05, 0) is 44.4 Å². The highest BCUT2D eigenvalue weighted by Gasteiger charge is 2.40. The third-order valence-electron chi connectivity index (χ3n) is 3.82. The molecule has 2 rings (SSSR count). The minimum Gasteiger partial charge on any atom is -0.515 e. The highest BCUT2D eigenvalue weighted by atomic mass is 16.5. The fourth-order valence-corrected chi connectivity index (χ4v) is 2.64. The molecule has 1 heterocycles. The monoisotopic (exact) mass is 290 g/mol. The maximum atomic E-state index is 12.4. The molecule has 0 fully saturated rings. The van der Waals surface area contributed by atoms with Crippen molar-refractivity contribution >= 4 is 5.78 Å². The zero-order valence-electron chi connectivity index (χ0n) is 12.8. The van der Waals surface area contributed by atoms with Gasteiger partial charge in [0.05, 0.1) is 11.8 Å². The van der Waals surface area contributed by atoms with Crippen LogP contribution in [0.2, 0.25) is 0 Å². The number of Topliss-reactive ketones (excluding diaryl/α,β-unsaturated/α-hetero) is 1. The number of hydrogen-bond donors (Lipinski definition) is 2. The smallest absolute Gasteiger partial charge is 0.203 e. The number of fused-ring (bicyclic) bond motifs is 1. The van der Waals surface area contributed by atoms with Gasteiger partial charge in [-0.2, -0.15) is 0 Å². The Morgan fingerprint density at radius 1 is 1.29 bits per heavy atom. The number of aliphatic hydroxyl groups excluding tert-OH is 1. The number of rotatable bonds is 4. The van der Waals surface area contributed by atoms with Crippen LogP contribution in [0.1, 0.15) is 56.0 Å². The van der Waals surface area contributed by atoms with E-state index in [-0.39, 0.29) is 22.7 Å². The van der Waals surface area contributed by atoms with Crippen LogP contribution < -0.4 is 4.74 Å². The molecule has 0 saturated carbocycles. The Kier molecular flexibility index (Phi) is 4.26. The number of ether oxygens (including phenoxy) is 1. The summed E-state index contributed by atoms with van der Waals surface area (Å²) in [6, 6.07) is 3.43. The van der Waals surface area contributed by atoms with Crippen molar-refractivity contribution < 1.29 is 19.7 Å². The Morgan fingerprint density at radius 3 is 2.62 bits per heavy atom. The van der Waals surface area contributed by atoms with Gasteiger partial charge < -0.3 is 14.9 Å². The average Bonchev–Trinajstić information content (AvgIpc) is 2.37. The molecule has 0 aliphatic carbocycles. The van der Waals surface area contributed by atoms with Crippen molar-refractivity contribution in [1.29, 1.82) is 0 Å². The van der Waals surface area contributed by atoms with Crippen LogP contribution in [0.25, 0.3) is 0 Å². The quantitative estimate of drug-likeness (QED) is 0.501. The molecule has 0 unspecified atom stereocenters. The van der Waals surface area contributed by atoms with Crippen molar-refractivity contribution in [2.24, 2.45) is 0 Å². The van der Waals surface area contributed by atoms with E-state index in [1.807, 2.05) is 6.07 Å². The van der Waals surface area contributed by atoms with E-state index in [2.05, 4.69) is 6.92 Å². The molecular formula is C17H22O4. The van der Waals surface area contributed by atoms with Gasteiger partial charge >= 0.3 is 0 Å². The van der Waals surface area contributed by atoms with Gasteiger partial charge in [-0.3, -0.25) is 4.79 Å². The van der Waals surface area contributed by atoms with Gasteiger partial charge in [-0.25, -0.2) is 0 Å². The SMILES string of the molecule is CCCCCc1cc(O)c2c(c1)OC(C)(C)/C(=C/O)C2=O. The minimum absolute atomic E-state index is 0.0844. The predicted molar refractivity (Wildman–Crippen MR) is 81.1 cm³/mol. The highest BCUT2D eigenvalue weighted by Crippen LogP contribution is 2.41. The molecule has 1 aliphatic heterocycles. The van der Waals surface area contributed by atoms with Crippen LogP contribution in [0, 0.1) is 0 Å². The number of aryl methyl sites for hydroxylation is 1. The van der Waals surface area contributed by atoms with Crippen molar-refractivity contribution in [3.8, 4) is 11.5 Å². The fraction of sp³-hybridized carbons (Fsp3) is 0.471. The van der Waals surface area contributed by atoms with Crippen LogP contribution in [0.4, 0.5) is 0 Å². The molecule has 0 atom stereocenters. The lowest BCUT2D eigenvalue weighted by Crippen LogP contribution is -2.39. The molecule has 114 valence electrons. The van der Waals surface area contributed by atoms with E-state index in [9.17, 15) is 15.0 Å². The first-order valence-electron chi connectivity index (χ1n) is 7.35. The summed E-state index contributed by atoms with van der Waals surface area (Å²) in [4.78, 5) is 12.4. The molecule has 0 bridgehead atoms. The largest absolute Gasteiger partial charge is 0.515 e. The molecule has 0 saturated heterocycles. The Bertz CT molecular complexity index is 585. The number of carbonyl (C=O) groups excluding carboxylic acids is 1. The maximum absolute atomic E-state index is 12.4. The summed E-state index contributed by atoms with van der Waals surface area (Å²) in [5.41, 5.74) is 0.325. The topological polar surface area (TPSA) is 66.8 Å². The highest BCUT2D eigenvalue weighted by molar-refractivity contribution is 6.14. The Hall–Kier alpha value is -1.97. The number of phenolic OH excluding ortho intramolecular Hbond substituents is 1. The number of hydrogen-bond acceptors (Lipinski definition) is 4. The second-order valence-corrected chi connectivity index (χ2v) is 5.93. The van der Waals surface area contributed by atoms with E-state index >= 15 is 0 Å². The lowest BCUT2D eigenvalue weighted by molar-refractivity contribution is 0.0838. The normalized spacial score (nSPS) is 18.4. The van der Waals surface area contributed by atoms with Gasteiger partial charge in [-0.1, -0.05) is 19.8 Å². The van der Waals surface area contributed by atoms with Gasteiger partial charge in [0.2, 0.25) is 5.78 Å². The molecular weight excluding hydrogens is 268 g/mol. The van der Waals surface area contributed by atoms with E-state index < -0.39 is 5.60 Å². The van der Waals surface area contributed by atoms with E-state index in [1.54, 1.807) is 19.9 Å². The molecule has 1 aromatic rings. The average molecular weight is 290 g/mol. The fourth-order valence-electron chi connectivity index (χ4n) is 2.64. The summed E-state index contributed by atoms with van der Waals surface area (Å²) in [5.74, 6) is -0.0812. The van der Waals surface area contributed by atoms with Crippen molar-refractivity contribution in [1.82, 2.24) is 0 Å². The van der Waals surface area contributed by atoms with Crippen molar-refractivity contribution in [2.45, 2.75) is 52.1 Å². The molecule has 1 aromatic carbocycles. The van der Waals surface area contributed by atoms with Gasteiger partial charge in [0.25, 0.3) is 0 Å². The summed E-state index contributed by atoms with van der Waals surface area (Å²) in [6.45, 7) is 5.57. The number of aromatic hydroxyl groups is 1. The summed E-state index contributed by atoms with van der Waals surface area (Å²) < 4.78 is 5.81. The first-order chi connectivity index (χ1) is 9.90. The summed E-state index contributed by atoms with van der Waals surface area (Å²) in [6.07, 6.45) is 4.90. The molecule has 1 aliphatic rings. The number of unbranched alkanes of at least 4 members (excludes halogenated alkanes) is 2. The summed E-state index contributed by atoms with van der Waals surface area (Å²) >= 11 is 0.